The molecule has 0 saturated heterocycles. The molecule has 0 heterocycles. The van der Waals surface area contributed by atoms with Gasteiger partial charge in [0.25, 0.3) is 0 Å². The first-order valence-electron chi connectivity index (χ1n) is 4.02. The van der Waals surface area contributed by atoms with Crippen LogP contribution in [0.4, 0.5) is 0 Å². The van der Waals surface area contributed by atoms with E-state index in [2.05, 4.69) is 38.2 Å². The topological polar surface area (TPSA) is 50.9 Å². The lowest BCUT2D eigenvalue weighted by molar-refractivity contribution is 0.328. The number of hydrogen-bond donors (Lipinski definition) is 1. The molecule has 0 bridgehead atoms. The molecule has 0 aromatic heterocycles. The van der Waals surface area contributed by atoms with Gasteiger partial charge in [0.15, 0.2) is 0 Å². The summed E-state index contributed by atoms with van der Waals surface area (Å²) in [5.41, 5.74) is 0. The molecule has 12 heavy (non-hydrogen) atoms. The van der Waals surface area contributed by atoms with Gasteiger partial charge in [-0.2, -0.15) is 5.26 Å². The van der Waals surface area contributed by atoms with Crippen molar-refractivity contribution in [2.75, 3.05) is 0 Å². The molecule has 0 spiro atoms. The van der Waals surface area contributed by atoms with E-state index in [-0.39, 0.29) is 0 Å². The first-order chi connectivity index (χ1) is 5.54. The average Bonchev–Trinajstić information content (AvgIpc) is 1.98. The van der Waals surface area contributed by atoms with Crippen molar-refractivity contribution in [1.82, 2.24) is 4.67 Å². The van der Waals surface area contributed by atoms with E-state index < -0.39 is 8.07 Å². The summed E-state index contributed by atoms with van der Waals surface area (Å²) in [4.78, 5) is 0. The molecule has 0 aromatic rings. The first kappa shape index (κ1) is 11.6. The van der Waals surface area contributed by atoms with E-state index in [1.807, 2.05) is 0 Å². The highest BCUT2D eigenvalue weighted by Crippen LogP contribution is 2.38. The van der Waals surface area contributed by atoms with Gasteiger partial charge >= 0.3 is 0 Å². The Labute approximate surface area is 75.7 Å². The number of hydrogen-bond acceptors (Lipinski definition) is 3. The molecule has 0 fully saturated rings. The van der Waals surface area contributed by atoms with E-state index in [0.29, 0.717) is 12.1 Å². The highest BCUT2D eigenvalue weighted by molar-refractivity contribution is 7.74. The second-order valence-corrected chi connectivity index (χ2v) is 4.75. The maximum atomic E-state index is 8.78. The van der Waals surface area contributed by atoms with Gasteiger partial charge in [0.1, 0.15) is 13.9 Å². The first-order valence-corrected chi connectivity index (χ1v) is 5.38. The lowest BCUT2D eigenvalue weighted by atomic mass is 10.3. The minimum Gasteiger partial charge on any atom is -0.306 e. The van der Waals surface area contributed by atoms with E-state index in [1.54, 1.807) is 0 Å². The van der Waals surface area contributed by atoms with Crippen molar-refractivity contribution >= 4 is 14.0 Å². The number of nitriles is 1. The van der Waals surface area contributed by atoms with Crippen LogP contribution in [-0.2, 0) is 0 Å². The standard InChI is InChI=1S/C8H16N3P/c1-7(2)11(8(3)4)12(5-9)6-10/h5,7-9H,1-4H3. The molecule has 68 valence electrons. The van der Waals surface area contributed by atoms with Crippen LogP contribution in [-0.4, -0.2) is 22.7 Å². The average molecular weight is 185 g/mol. The summed E-state index contributed by atoms with van der Waals surface area (Å²) in [6, 6.07) is 0.662. The molecule has 0 aliphatic heterocycles. The highest BCUT2D eigenvalue weighted by atomic mass is 31.1. The lowest BCUT2D eigenvalue weighted by Gasteiger charge is -2.31. The molecule has 0 aliphatic rings. The smallest absolute Gasteiger partial charge is 0.118 e. The number of rotatable bonds is 4. The van der Waals surface area contributed by atoms with Gasteiger partial charge in [-0.3, -0.25) is 4.67 Å². The molecule has 1 atom stereocenters. The maximum Gasteiger partial charge on any atom is 0.118 e. The van der Waals surface area contributed by atoms with Gasteiger partial charge in [0, 0.05) is 18.0 Å². The zero-order chi connectivity index (χ0) is 9.72. The third-order valence-electron chi connectivity index (χ3n) is 1.53. The highest BCUT2D eigenvalue weighted by Gasteiger charge is 2.21. The predicted octanol–water partition coefficient (Wildman–Crippen LogP) is 2.59. The fourth-order valence-electron chi connectivity index (χ4n) is 1.24. The van der Waals surface area contributed by atoms with Crippen LogP contribution in [0.2, 0.25) is 0 Å². The zero-order valence-corrected chi connectivity index (χ0v) is 8.97. The summed E-state index contributed by atoms with van der Waals surface area (Å²) in [5.74, 6) is 3.42. The predicted molar refractivity (Wildman–Crippen MR) is 53.4 cm³/mol. The van der Waals surface area contributed by atoms with Crippen LogP contribution >= 0.6 is 8.07 Å². The maximum absolute atomic E-state index is 8.78. The lowest BCUT2D eigenvalue weighted by Crippen LogP contribution is -2.32. The summed E-state index contributed by atoms with van der Waals surface area (Å²) in [7, 11) is -1.02. The third-order valence-corrected chi connectivity index (χ3v) is 3.40. The monoisotopic (exact) mass is 185 g/mol. The second kappa shape index (κ2) is 5.24. The van der Waals surface area contributed by atoms with Crippen LogP contribution in [0, 0.1) is 16.5 Å². The molecule has 1 N–H and O–H groups in total. The van der Waals surface area contributed by atoms with Crippen molar-refractivity contribution < 1.29 is 0 Å². The Hall–Kier alpha value is -0.450. The Kier molecular flexibility index (Phi) is 5.04. The van der Waals surface area contributed by atoms with E-state index in [9.17, 15) is 0 Å². The molecule has 0 rings (SSSR count). The summed E-state index contributed by atoms with van der Waals surface area (Å²) < 4.78 is 2.07. The van der Waals surface area contributed by atoms with Crippen molar-refractivity contribution in [1.29, 1.82) is 10.7 Å². The summed E-state index contributed by atoms with van der Waals surface area (Å²) >= 11 is 0. The molecule has 0 aliphatic carbocycles. The Bertz CT molecular complexity index is 175. The SMILES string of the molecule is CC(C)N(C(C)C)P(C#N)C=N. The number of nitrogens with zero attached hydrogens (tertiary/aromatic N) is 2. The normalized spacial score (nSPS) is 13.5. The quantitative estimate of drug-likeness (QED) is 0.540. The number of nitrogens with one attached hydrogen (secondary N) is 1. The molecule has 0 radical (unpaired) electrons. The van der Waals surface area contributed by atoms with Crippen LogP contribution < -0.4 is 0 Å². The summed E-state index contributed by atoms with van der Waals surface area (Å²) in [6.07, 6.45) is 0. The van der Waals surface area contributed by atoms with Crippen LogP contribution in [0.3, 0.4) is 0 Å². The Morgan fingerprint density at radius 1 is 1.33 bits per heavy atom. The minimum absolute atomic E-state index is 0.331. The molecule has 4 heteroatoms. The molecular weight excluding hydrogens is 169 g/mol. The summed E-state index contributed by atoms with van der Waals surface area (Å²) in [6.45, 7) is 8.21. The van der Waals surface area contributed by atoms with E-state index in [0.717, 1.165) is 0 Å². The van der Waals surface area contributed by atoms with Crippen molar-refractivity contribution in [3.05, 3.63) is 0 Å². The van der Waals surface area contributed by atoms with Crippen molar-refractivity contribution in [3.8, 4) is 5.81 Å². The molecule has 0 amide bonds. The summed E-state index contributed by atoms with van der Waals surface area (Å²) in [5, 5.41) is 15.9. The van der Waals surface area contributed by atoms with E-state index in [1.165, 1.54) is 5.96 Å². The Balaban J connectivity index is 4.50. The molecule has 3 nitrogen and oxygen atoms in total. The Morgan fingerprint density at radius 3 is 1.83 bits per heavy atom. The molecular formula is C8H16N3P. The van der Waals surface area contributed by atoms with Gasteiger partial charge in [-0.1, -0.05) is 0 Å². The van der Waals surface area contributed by atoms with Crippen molar-refractivity contribution in [2.45, 2.75) is 39.8 Å². The second-order valence-electron chi connectivity index (χ2n) is 3.14. The van der Waals surface area contributed by atoms with Gasteiger partial charge in [-0.15, -0.1) is 0 Å². The van der Waals surface area contributed by atoms with Gasteiger partial charge in [0.05, 0.1) is 0 Å². The molecule has 1 unspecified atom stereocenters. The van der Waals surface area contributed by atoms with Gasteiger partial charge in [-0.05, 0) is 27.7 Å². The van der Waals surface area contributed by atoms with E-state index in [4.69, 9.17) is 10.7 Å². The van der Waals surface area contributed by atoms with Gasteiger partial charge < -0.3 is 5.41 Å². The van der Waals surface area contributed by atoms with Crippen LogP contribution in [0.5, 0.6) is 0 Å². The van der Waals surface area contributed by atoms with E-state index >= 15 is 0 Å². The fourth-order valence-corrected chi connectivity index (χ4v) is 2.53. The third kappa shape index (κ3) is 2.89. The van der Waals surface area contributed by atoms with Gasteiger partial charge in [0.2, 0.25) is 0 Å². The van der Waals surface area contributed by atoms with Crippen LogP contribution in [0.15, 0.2) is 0 Å². The minimum atomic E-state index is -1.02. The molecule has 0 aromatic carbocycles. The van der Waals surface area contributed by atoms with Crippen LogP contribution in [0.1, 0.15) is 27.7 Å². The fraction of sp³-hybridized carbons (Fsp3) is 0.750. The zero-order valence-electron chi connectivity index (χ0n) is 8.07. The molecule has 0 saturated carbocycles. The largest absolute Gasteiger partial charge is 0.306 e. The Morgan fingerprint density at radius 2 is 1.75 bits per heavy atom. The van der Waals surface area contributed by atoms with Crippen molar-refractivity contribution in [2.24, 2.45) is 0 Å². The van der Waals surface area contributed by atoms with Crippen molar-refractivity contribution in [3.63, 3.8) is 0 Å². The van der Waals surface area contributed by atoms with Crippen LogP contribution in [0.25, 0.3) is 0 Å². The van der Waals surface area contributed by atoms with Gasteiger partial charge in [-0.25, -0.2) is 0 Å².